The molecule has 0 aliphatic rings. The SMILES string of the molecule is N#C/C(=C/c1cn(Cc2ccc(Cl)cc2)nc1-c1ccccc1)C(=O)Nc1ccccc1F. The first-order valence-corrected chi connectivity index (χ1v) is 10.5. The van der Waals surface area contributed by atoms with E-state index in [0.29, 0.717) is 22.8 Å². The number of halogens is 2. The summed E-state index contributed by atoms with van der Waals surface area (Å²) in [5.41, 5.74) is 2.89. The van der Waals surface area contributed by atoms with Gasteiger partial charge < -0.3 is 5.32 Å². The predicted molar refractivity (Wildman–Crippen MR) is 127 cm³/mol. The van der Waals surface area contributed by atoms with E-state index in [4.69, 9.17) is 11.6 Å². The third-order valence-corrected chi connectivity index (χ3v) is 5.13. The van der Waals surface area contributed by atoms with Crippen LogP contribution in [0, 0.1) is 17.1 Å². The number of amides is 1. The summed E-state index contributed by atoms with van der Waals surface area (Å²) in [5, 5.41) is 17.4. The van der Waals surface area contributed by atoms with Crippen molar-refractivity contribution < 1.29 is 9.18 Å². The highest BCUT2D eigenvalue weighted by atomic mass is 35.5. The number of carbonyl (C=O) groups is 1. The zero-order valence-electron chi connectivity index (χ0n) is 17.4. The fraction of sp³-hybridized carbons (Fsp3) is 0.0385. The molecule has 3 aromatic carbocycles. The van der Waals surface area contributed by atoms with Gasteiger partial charge in [0.1, 0.15) is 17.5 Å². The molecular formula is C26H18ClFN4O. The third kappa shape index (κ3) is 5.35. The number of carbonyl (C=O) groups excluding carboxylic acids is 1. The van der Waals surface area contributed by atoms with Crippen molar-refractivity contribution >= 4 is 29.3 Å². The molecule has 0 unspecified atom stereocenters. The Morgan fingerprint density at radius 3 is 2.45 bits per heavy atom. The van der Waals surface area contributed by atoms with Crippen LogP contribution >= 0.6 is 11.6 Å². The summed E-state index contributed by atoms with van der Waals surface area (Å²) in [6, 6.07) is 24.6. The van der Waals surface area contributed by atoms with Crippen molar-refractivity contribution in [1.82, 2.24) is 9.78 Å². The van der Waals surface area contributed by atoms with Crippen molar-refractivity contribution in [3.05, 3.63) is 113 Å². The van der Waals surface area contributed by atoms with Crippen molar-refractivity contribution in [3.8, 4) is 17.3 Å². The van der Waals surface area contributed by atoms with Crippen molar-refractivity contribution in [2.45, 2.75) is 6.54 Å². The average molecular weight is 457 g/mol. The van der Waals surface area contributed by atoms with Gasteiger partial charge in [-0.2, -0.15) is 10.4 Å². The van der Waals surface area contributed by atoms with Gasteiger partial charge in [-0.05, 0) is 35.9 Å². The van der Waals surface area contributed by atoms with Gasteiger partial charge in [0, 0.05) is 22.3 Å². The summed E-state index contributed by atoms with van der Waals surface area (Å²) in [6.45, 7) is 0.480. The van der Waals surface area contributed by atoms with Crippen molar-refractivity contribution in [3.63, 3.8) is 0 Å². The summed E-state index contributed by atoms with van der Waals surface area (Å²) in [6.07, 6.45) is 3.23. The molecule has 0 saturated heterocycles. The van der Waals surface area contributed by atoms with Gasteiger partial charge in [0.2, 0.25) is 0 Å². The largest absolute Gasteiger partial charge is 0.319 e. The highest BCUT2D eigenvalue weighted by Gasteiger charge is 2.16. The van der Waals surface area contributed by atoms with E-state index >= 15 is 0 Å². The Kier molecular flexibility index (Phi) is 6.63. The number of hydrogen-bond donors (Lipinski definition) is 1. The lowest BCUT2D eigenvalue weighted by Gasteiger charge is -2.05. The zero-order chi connectivity index (χ0) is 23.2. The molecule has 1 heterocycles. The van der Waals surface area contributed by atoms with Crippen LogP contribution in [0.15, 0.2) is 90.6 Å². The number of aromatic nitrogens is 2. The summed E-state index contributed by atoms with van der Waals surface area (Å²) in [5.74, 6) is -1.28. The normalized spacial score (nSPS) is 11.1. The predicted octanol–water partition coefficient (Wildman–Crippen LogP) is 5.94. The standard InChI is InChI=1S/C26H18ClFN4O/c27-22-12-10-18(11-13-22)16-32-17-21(25(31-32)19-6-2-1-3-7-19)14-20(15-29)26(33)30-24-9-5-4-8-23(24)28/h1-14,17H,16H2,(H,30,33)/b20-14-. The van der Waals surface area contributed by atoms with E-state index in [0.717, 1.165) is 11.1 Å². The third-order valence-electron chi connectivity index (χ3n) is 4.88. The van der Waals surface area contributed by atoms with Crippen LogP contribution < -0.4 is 5.32 Å². The summed E-state index contributed by atoms with van der Waals surface area (Å²) in [7, 11) is 0. The van der Waals surface area contributed by atoms with Gasteiger partial charge in [-0.25, -0.2) is 4.39 Å². The maximum Gasteiger partial charge on any atom is 0.266 e. The van der Waals surface area contributed by atoms with Crippen LogP contribution in [-0.4, -0.2) is 15.7 Å². The minimum absolute atomic E-state index is 0.00497. The van der Waals surface area contributed by atoms with Gasteiger partial charge in [0.25, 0.3) is 5.91 Å². The maximum absolute atomic E-state index is 13.9. The molecular weight excluding hydrogens is 439 g/mol. The molecule has 4 rings (SSSR count). The van der Waals surface area contributed by atoms with E-state index in [2.05, 4.69) is 10.4 Å². The Morgan fingerprint density at radius 2 is 1.76 bits per heavy atom. The molecule has 7 heteroatoms. The fourth-order valence-corrected chi connectivity index (χ4v) is 3.40. The van der Waals surface area contributed by atoms with E-state index in [-0.39, 0.29) is 11.3 Å². The van der Waals surface area contributed by atoms with Crippen LogP contribution in [0.2, 0.25) is 5.02 Å². The average Bonchev–Trinajstić information content (AvgIpc) is 3.23. The monoisotopic (exact) mass is 456 g/mol. The molecule has 0 radical (unpaired) electrons. The lowest BCUT2D eigenvalue weighted by Crippen LogP contribution is -2.14. The van der Waals surface area contributed by atoms with Crippen LogP contribution in [0.5, 0.6) is 0 Å². The van der Waals surface area contributed by atoms with Crippen molar-refractivity contribution in [2.75, 3.05) is 5.32 Å². The molecule has 33 heavy (non-hydrogen) atoms. The quantitative estimate of drug-likeness (QED) is 0.288. The molecule has 0 fully saturated rings. The number of benzene rings is 3. The number of nitriles is 1. The van der Waals surface area contributed by atoms with E-state index in [1.807, 2.05) is 48.5 Å². The Bertz CT molecular complexity index is 1360. The minimum Gasteiger partial charge on any atom is -0.319 e. The molecule has 0 aliphatic heterocycles. The second kappa shape index (κ2) is 9.94. The highest BCUT2D eigenvalue weighted by molar-refractivity contribution is 6.30. The molecule has 1 N–H and O–H groups in total. The van der Waals surface area contributed by atoms with E-state index in [1.165, 1.54) is 24.3 Å². The topological polar surface area (TPSA) is 70.7 Å². The van der Waals surface area contributed by atoms with Gasteiger partial charge >= 0.3 is 0 Å². The van der Waals surface area contributed by atoms with Crippen molar-refractivity contribution in [2.24, 2.45) is 0 Å². The zero-order valence-corrected chi connectivity index (χ0v) is 18.1. The molecule has 0 aliphatic carbocycles. The van der Waals surface area contributed by atoms with Gasteiger partial charge in [-0.15, -0.1) is 0 Å². The molecule has 0 bridgehead atoms. The molecule has 4 aromatic rings. The first-order valence-electron chi connectivity index (χ1n) is 10.1. The highest BCUT2D eigenvalue weighted by Crippen LogP contribution is 2.25. The number of rotatable bonds is 6. The molecule has 1 aromatic heterocycles. The van der Waals surface area contributed by atoms with E-state index in [9.17, 15) is 14.4 Å². The first-order chi connectivity index (χ1) is 16.0. The molecule has 162 valence electrons. The Hall–Kier alpha value is -4.21. The van der Waals surface area contributed by atoms with Crippen LogP contribution in [0.3, 0.4) is 0 Å². The fourth-order valence-electron chi connectivity index (χ4n) is 3.28. The molecule has 5 nitrogen and oxygen atoms in total. The smallest absolute Gasteiger partial charge is 0.266 e. The first kappa shape index (κ1) is 22.0. The van der Waals surface area contributed by atoms with Gasteiger partial charge in [-0.1, -0.05) is 66.2 Å². The van der Waals surface area contributed by atoms with Crippen LogP contribution in [0.25, 0.3) is 17.3 Å². The Balaban J connectivity index is 1.69. The lowest BCUT2D eigenvalue weighted by atomic mass is 10.1. The van der Waals surface area contributed by atoms with E-state index < -0.39 is 11.7 Å². The number of nitrogens with one attached hydrogen (secondary N) is 1. The molecule has 0 atom stereocenters. The number of nitrogens with zero attached hydrogens (tertiary/aromatic N) is 3. The molecule has 0 spiro atoms. The van der Waals surface area contributed by atoms with Crippen LogP contribution in [0.1, 0.15) is 11.1 Å². The molecule has 0 saturated carbocycles. The van der Waals surface area contributed by atoms with E-state index in [1.54, 1.807) is 29.1 Å². The van der Waals surface area contributed by atoms with Crippen LogP contribution in [0.4, 0.5) is 10.1 Å². The number of anilines is 1. The summed E-state index contributed by atoms with van der Waals surface area (Å²) in [4.78, 5) is 12.7. The second-order valence-electron chi connectivity index (χ2n) is 7.23. The van der Waals surface area contributed by atoms with Crippen molar-refractivity contribution in [1.29, 1.82) is 5.26 Å². The summed E-state index contributed by atoms with van der Waals surface area (Å²) >= 11 is 5.97. The van der Waals surface area contributed by atoms with Crippen LogP contribution in [-0.2, 0) is 11.3 Å². The maximum atomic E-state index is 13.9. The van der Waals surface area contributed by atoms with Gasteiger partial charge in [0.15, 0.2) is 0 Å². The lowest BCUT2D eigenvalue weighted by molar-refractivity contribution is -0.112. The number of hydrogen-bond acceptors (Lipinski definition) is 3. The van der Waals surface area contributed by atoms with Gasteiger partial charge in [0.05, 0.1) is 17.9 Å². The molecule has 1 amide bonds. The Morgan fingerprint density at radius 1 is 1.06 bits per heavy atom. The Labute approximate surface area is 195 Å². The number of para-hydroxylation sites is 1. The second-order valence-corrected chi connectivity index (χ2v) is 7.66. The minimum atomic E-state index is -0.702. The van der Waals surface area contributed by atoms with Gasteiger partial charge in [-0.3, -0.25) is 9.48 Å². The summed E-state index contributed by atoms with van der Waals surface area (Å²) < 4.78 is 15.7.